The molecule has 18 heavy (non-hydrogen) atoms. The van der Waals surface area contributed by atoms with Crippen molar-refractivity contribution in [1.29, 1.82) is 5.26 Å². The van der Waals surface area contributed by atoms with Crippen LogP contribution in [0.3, 0.4) is 0 Å². The van der Waals surface area contributed by atoms with E-state index in [1.165, 1.54) is 0 Å². The molecular formula is C14H10N4. The first kappa shape index (κ1) is 10.5. The summed E-state index contributed by atoms with van der Waals surface area (Å²) in [6, 6.07) is 11.5. The van der Waals surface area contributed by atoms with Gasteiger partial charge >= 0.3 is 0 Å². The summed E-state index contributed by atoms with van der Waals surface area (Å²) >= 11 is 0. The van der Waals surface area contributed by atoms with E-state index in [9.17, 15) is 0 Å². The van der Waals surface area contributed by atoms with Crippen LogP contribution < -0.4 is 0 Å². The second-order valence-electron chi connectivity index (χ2n) is 4.05. The molecule has 0 amide bonds. The zero-order chi connectivity index (χ0) is 12.5. The van der Waals surface area contributed by atoms with Gasteiger partial charge in [-0.25, -0.2) is 4.98 Å². The van der Waals surface area contributed by atoms with Crippen LogP contribution in [0.25, 0.3) is 22.4 Å². The molecule has 0 aliphatic carbocycles. The maximum absolute atomic E-state index is 8.92. The summed E-state index contributed by atoms with van der Waals surface area (Å²) in [7, 11) is 1.95. The Kier molecular flexibility index (Phi) is 2.31. The van der Waals surface area contributed by atoms with E-state index in [4.69, 9.17) is 5.26 Å². The van der Waals surface area contributed by atoms with Crippen LogP contribution in [0.5, 0.6) is 0 Å². The molecule has 3 rings (SSSR count). The first-order valence-electron chi connectivity index (χ1n) is 5.56. The Bertz CT molecular complexity index is 751. The molecule has 0 spiro atoms. The maximum Gasteiger partial charge on any atom is 0.140 e. The summed E-state index contributed by atoms with van der Waals surface area (Å²) in [6.07, 6.45) is 3.49. The topological polar surface area (TPSA) is 54.5 Å². The van der Waals surface area contributed by atoms with E-state index in [0.717, 1.165) is 22.4 Å². The van der Waals surface area contributed by atoms with Crippen molar-refractivity contribution in [2.24, 2.45) is 7.05 Å². The molecular weight excluding hydrogens is 224 g/mol. The summed E-state index contributed by atoms with van der Waals surface area (Å²) in [5.74, 6) is 0.877. The number of hydrogen-bond acceptors (Lipinski definition) is 3. The minimum Gasteiger partial charge on any atom is -0.327 e. The molecule has 4 heteroatoms. The van der Waals surface area contributed by atoms with Gasteiger partial charge in [0, 0.05) is 25.0 Å². The normalized spacial score (nSPS) is 10.4. The van der Waals surface area contributed by atoms with Crippen LogP contribution in [0.2, 0.25) is 0 Å². The van der Waals surface area contributed by atoms with Crippen LogP contribution in [0, 0.1) is 11.3 Å². The number of imidazole rings is 1. The lowest BCUT2D eigenvalue weighted by Crippen LogP contribution is -1.92. The van der Waals surface area contributed by atoms with Gasteiger partial charge in [-0.1, -0.05) is 0 Å². The summed E-state index contributed by atoms with van der Waals surface area (Å²) in [5, 5.41) is 8.92. The van der Waals surface area contributed by atoms with Gasteiger partial charge < -0.3 is 4.57 Å². The molecule has 4 nitrogen and oxygen atoms in total. The molecule has 0 aliphatic rings. The van der Waals surface area contributed by atoms with Gasteiger partial charge in [-0.2, -0.15) is 5.26 Å². The number of pyridine rings is 1. The quantitative estimate of drug-likeness (QED) is 0.650. The molecule has 3 aromatic rings. The Balaban J connectivity index is 2.27. The fourth-order valence-corrected chi connectivity index (χ4v) is 2.02. The summed E-state index contributed by atoms with van der Waals surface area (Å²) in [6.45, 7) is 0. The van der Waals surface area contributed by atoms with Crippen molar-refractivity contribution < 1.29 is 0 Å². The van der Waals surface area contributed by atoms with E-state index < -0.39 is 0 Å². The average Bonchev–Trinajstić information content (AvgIpc) is 2.77. The second-order valence-corrected chi connectivity index (χ2v) is 4.05. The lowest BCUT2D eigenvalue weighted by molar-refractivity contribution is 0.958. The fraction of sp³-hybridized carbons (Fsp3) is 0.0714. The molecule has 0 aliphatic heterocycles. The zero-order valence-corrected chi connectivity index (χ0v) is 9.83. The number of benzene rings is 1. The molecule has 86 valence electrons. The third kappa shape index (κ3) is 1.54. The Morgan fingerprint density at radius 1 is 1.17 bits per heavy atom. The van der Waals surface area contributed by atoms with Gasteiger partial charge in [0.25, 0.3) is 0 Å². The second kappa shape index (κ2) is 3.97. The number of nitriles is 1. The van der Waals surface area contributed by atoms with Crippen LogP contribution in [0.1, 0.15) is 5.56 Å². The van der Waals surface area contributed by atoms with E-state index in [1.807, 2.05) is 35.9 Å². The van der Waals surface area contributed by atoms with Gasteiger partial charge in [-0.3, -0.25) is 4.98 Å². The van der Waals surface area contributed by atoms with Gasteiger partial charge in [-0.15, -0.1) is 0 Å². The van der Waals surface area contributed by atoms with Crippen molar-refractivity contribution in [3.8, 4) is 17.5 Å². The number of fused-ring (bicyclic) bond motifs is 1. The molecule has 0 atom stereocenters. The van der Waals surface area contributed by atoms with Crippen molar-refractivity contribution in [3.05, 3.63) is 48.3 Å². The molecule has 0 fully saturated rings. The lowest BCUT2D eigenvalue weighted by Gasteiger charge is -2.01. The van der Waals surface area contributed by atoms with E-state index >= 15 is 0 Å². The maximum atomic E-state index is 8.92. The number of aromatic nitrogens is 3. The highest BCUT2D eigenvalue weighted by molar-refractivity contribution is 5.81. The zero-order valence-electron chi connectivity index (χ0n) is 9.83. The van der Waals surface area contributed by atoms with Gasteiger partial charge in [0.2, 0.25) is 0 Å². The Labute approximate surface area is 104 Å². The van der Waals surface area contributed by atoms with Crippen molar-refractivity contribution in [3.63, 3.8) is 0 Å². The highest BCUT2D eigenvalue weighted by atomic mass is 15.1. The molecule has 0 saturated carbocycles. The van der Waals surface area contributed by atoms with E-state index in [0.29, 0.717) is 5.56 Å². The van der Waals surface area contributed by atoms with Gasteiger partial charge in [0.1, 0.15) is 5.82 Å². The van der Waals surface area contributed by atoms with Crippen LogP contribution >= 0.6 is 0 Å². The smallest absolute Gasteiger partial charge is 0.140 e. The predicted molar refractivity (Wildman–Crippen MR) is 68.7 cm³/mol. The monoisotopic (exact) mass is 234 g/mol. The van der Waals surface area contributed by atoms with E-state index in [1.54, 1.807) is 18.5 Å². The Morgan fingerprint density at radius 2 is 1.94 bits per heavy atom. The minimum atomic E-state index is 0.645. The molecule has 0 unspecified atom stereocenters. The van der Waals surface area contributed by atoms with Crippen LogP contribution in [-0.4, -0.2) is 14.5 Å². The first-order chi connectivity index (χ1) is 8.79. The Morgan fingerprint density at radius 3 is 2.67 bits per heavy atom. The van der Waals surface area contributed by atoms with Crippen molar-refractivity contribution in [2.75, 3.05) is 0 Å². The molecule has 2 heterocycles. The predicted octanol–water partition coefficient (Wildman–Crippen LogP) is 2.51. The molecule has 0 saturated heterocycles. The summed E-state index contributed by atoms with van der Waals surface area (Å²) < 4.78 is 1.99. The fourth-order valence-electron chi connectivity index (χ4n) is 2.02. The lowest BCUT2D eigenvalue weighted by atomic mass is 10.2. The highest BCUT2D eigenvalue weighted by Gasteiger charge is 2.09. The number of nitrogens with zero attached hydrogens (tertiary/aromatic N) is 4. The van der Waals surface area contributed by atoms with E-state index in [2.05, 4.69) is 16.0 Å². The molecule has 2 aromatic heterocycles. The Hall–Kier alpha value is -2.67. The molecule has 0 radical (unpaired) electrons. The molecule has 1 aromatic carbocycles. The van der Waals surface area contributed by atoms with Gasteiger partial charge in [0.05, 0.1) is 22.7 Å². The molecule has 0 bridgehead atoms. The summed E-state index contributed by atoms with van der Waals surface area (Å²) in [5.41, 5.74) is 3.51. The van der Waals surface area contributed by atoms with Crippen LogP contribution in [0.4, 0.5) is 0 Å². The number of hydrogen-bond donors (Lipinski definition) is 0. The highest BCUT2D eigenvalue weighted by Crippen LogP contribution is 2.23. The number of aryl methyl sites for hydroxylation is 1. The average molecular weight is 234 g/mol. The minimum absolute atomic E-state index is 0.645. The number of rotatable bonds is 1. The van der Waals surface area contributed by atoms with Gasteiger partial charge in [-0.05, 0) is 30.3 Å². The van der Waals surface area contributed by atoms with E-state index in [-0.39, 0.29) is 0 Å². The van der Waals surface area contributed by atoms with Crippen LogP contribution in [-0.2, 0) is 7.05 Å². The largest absolute Gasteiger partial charge is 0.327 e. The van der Waals surface area contributed by atoms with Crippen molar-refractivity contribution >= 4 is 11.0 Å². The summed E-state index contributed by atoms with van der Waals surface area (Å²) in [4.78, 5) is 8.59. The molecule has 0 N–H and O–H groups in total. The van der Waals surface area contributed by atoms with Crippen LogP contribution in [0.15, 0.2) is 42.7 Å². The first-order valence-corrected chi connectivity index (χ1v) is 5.56. The van der Waals surface area contributed by atoms with Crippen molar-refractivity contribution in [1.82, 2.24) is 14.5 Å². The third-order valence-electron chi connectivity index (χ3n) is 2.95. The van der Waals surface area contributed by atoms with Gasteiger partial charge in [0.15, 0.2) is 0 Å². The third-order valence-corrected chi connectivity index (χ3v) is 2.95. The SMILES string of the molecule is Cn1c(-c2ccncc2)nc2ccc(C#N)cc21. The standard InChI is InChI=1S/C14H10N4/c1-18-13-8-10(9-15)2-3-12(13)17-14(18)11-4-6-16-7-5-11/h2-8H,1H3. The van der Waals surface area contributed by atoms with Crippen molar-refractivity contribution in [2.45, 2.75) is 0 Å².